The van der Waals surface area contributed by atoms with Crippen molar-refractivity contribution in [2.75, 3.05) is 24.3 Å². The van der Waals surface area contributed by atoms with Gasteiger partial charge in [0.15, 0.2) is 5.78 Å². The zero-order valence-electron chi connectivity index (χ0n) is 22.1. The molecular formula is C33H28ClN3O3. The summed E-state index contributed by atoms with van der Waals surface area (Å²) in [6, 6.07) is 29.9. The Kier molecular flexibility index (Phi) is 9.28. The minimum absolute atomic E-state index is 0.0551. The van der Waals surface area contributed by atoms with E-state index in [1.807, 2.05) is 43.3 Å². The Hall–Kier alpha value is -4.94. The van der Waals surface area contributed by atoms with Gasteiger partial charge in [-0.2, -0.15) is 0 Å². The summed E-state index contributed by atoms with van der Waals surface area (Å²) in [6.07, 6.45) is 4.85. The van der Waals surface area contributed by atoms with E-state index in [0.29, 0.717) is 27.4 Å². The van der Waals surface area contributed by atoms with Crippen LogP contribution in [0.2, 0.25) is 5.02 Å². The van der Waals surface area contributed by atoms with Crippen LogP contribution < -0.4 is 15.5 Å². The molecule has 4 rings (SSSR count). The van der Waals surface area contributed by atoms with Gasteiger partial charge in [-0.15, -0.1) is 0 Å². The van der Waals surface area contributed by atoms with E-state index in [2.05, 4.69) is 10.6 Å². The van der Waals surface area contributed by atoms with Gasteiger partial charge in [-0.05, 0) is 83.9 Å². The van der Waals surface area contributed by atoms with Crippen molar-refractivity contribution in [1.29, 1.82) is 0 Å². The highest BCUT2D eigenvalue weighted by Gasteiger charge is 2.15. The van der Waals surface area contributed by atoms with Crippen LogP contribution in [0.1, 0.15) is 31.8 Å². The van der Waals surface area contributed by atoms with Gasteiger partial charge in [0, 0.05) is 41.6 Å². The van der Waals surface area contributed by atoms with E-state index >= 15 is 0 Å². The number of halogens is 1. The maximum atomic E-state index is 13.2. The number of benzene rings is 4. The minimum atomic E-state index is -0.514. The van der Waals surface area contributed by atoms with Crippen LogP contribution in [0.3, 0.4) is 0 Å². The molecule has 0 saturated carbocycles. The van der Waals surface area contributed by atoms with Gasteiger partial charge in [-0.1, -0.05) is 60.1 Å². The number of nitrogens with one attached hydrogen (secondary N) is 2. The third-order valence-electron chi connectivity index (χ3n) is 5.97. The van der Waals surface area contributed by atoms with Crippen LogP contribution in [0.4, 0.5) is 11.4 Å². The van der Waals surface area contributed by atoms with Gasteiger partial charge in [-0.25, -0.2) is 0 Å². The van der Waals surface area contributed by atoms with Gasteiger partial charge in [0.25, 0.3) is 11.8 Å². The number of amides is 2. The number of carbonyl (C=O) groups excluding carboxylic acids is 3. The normalized spacial score (nSPS) is 11.2. The number of hydrogen-bond acceptors (Lipinski definition) is 4. The maximum absolute atomic E-state index is 13.2. The van der Waals surface area contributed by atoms with Crippen LogP contribution in [0.15, 0.2) is 115 Å². The molecule has 0 fully saturated rings. The Balaban J connectivity index is 1.46. The summed E-state index contributed by atoms with van der Waals surface area (Å²) >= 11 is 5.98. The van der Waals surface area contributed by atoms with Crippen molar-refractivity contribution in [2.45, 2.75) is 0 Å². The molecule has 0 aliphatic rings. The molecule has 0 bridgehead atoms. The van der Waals surface area contributed by atoms with Crippen molar-refractivity contribution in [3.8, 4) is 0 Å². The van der Waals surface area contributed by atoms with Crippen LogP contribution in [-0.2, 0) is 4.79 Å². The van der Waals surface area contributed by atoms with Gasteiger partial charge in [0.05, 0.1) is 0 Å². The van der Waals surface area contributed by atoms with Crippen molar-refractivity contribution >= 4 is 52.7 Å². The van der Waals surface area contributed by atoms with Gasteiger partial charge >= 0.3 is 0 Å². The molecule has 40 heavy (non-hydrogen) atoms. The molecule has 7 heteroatoms. The molecule has 0 spiro atoms. The van der Waals surface area contributed by atoms with Crippen LogP contribution in [0.25, 0.3) is 12.2 Å². The first-order chi connectivity index (χ1) is 19.3. The Bertz CT molecular complexity index is 1540. The summed E-state index contributed by atoms with van der Waals surface area (Å²) in [7, 11) is 3.94. The van der Waals surface area contributed by atoms with Crippen molar-refractivity contribution in [1.82, 2.24) is 5.32 Å². The van der Waals surface area contributed by atoms with Gasteiger partial charge in [0.1, 0.15) is 5.70 Å². The van der Waals surface area contributed by atoms with Crippen LogP contribution >= 0.6 is 11.6 Å². The summed E-state index contributed by atoms with van der Waals surface area (Å²) < 4.78 is 0. The van der Waals surface area contributed by atoms with Crippen LogP contribution in [0, 0.1) is 0 Å². The number of anilines is 2. The van der Waals surface area contributed by atoms with Crippen LogP contribution in [-0.4, -0.2) is 31.7 Å². The van der Waals surface area contributed by atoms with Gasteiger partial charge in [0.2, 0.25) is 0 Å². The summed E-state index contributed by atoms with van der Waals surface area (Å²) in [5.41, 5.74) is 4.11. The molecule has 2 amide bonds. The molecule has 0 heterocycles. The van der Waals surface area contributed by atoms with E-state index in [4.69, 9.17) is 11.6 Å². The average molecular weight is 550 g/mol. The molecule has 0 radical (unpaired) electrons. The molecule has 0 unspecified atom stereocenters. The number of carbonyl (C=O) groups is 3. The molecule has 0 aliphatic heterocycles. The van der Waals surface area contributed by atoms with Crippen molar-refractivity contribution in [3.05, 3.63) is 142 Å². The first kappa shape index (κ1) is 28.1. The van der Waals surface area contributed by atoms with E-state index in [9.17, 15) is 14.4 Å². The second-order valence-corrected chi connectivity index (χ2v) is 9.58. The topological polar surface area (TPSA) is 78.5 Å². The van der Waals surface area contributed by atoms with Crippen molar-refractivity contribution in [2.24, 2.45) is 0 Å². The summed E-state index contributed by atoms with van der Waals surface area (Å²) in [5.74, 6) is -1.09. The molecule has 0 aromatic heterocycles. The minimum Gasteiger partial charge on any atom is -0.378 e. The largest absolute Gasteiger partial charge is 0.378 e. The van der Waals surface area contributed by atoms with Crippen LogP contribution in [0.5, 0.6) is 0 Å². The lowest BCUT2D eigenvalue weighted by molar-refractivity contribution is -0.113. The monoisotopic (exact) mass is 549 g/mol. The van der Waals surface area contributed by atoms with E-state index in [-0.39, 0.29) is 11.5 Å². The Labute approximate surface area is 238 Å². The SMILES string of the molecule is CN(C)c1ccc(/C=C/C(=O)c2ccc(NC(=O)/C(=C/c3ccc(Cl)cc3)NC(=O)c3ccccc3)cc2)cc1. The predicted molar refractivity (Wildman–Crippen MR) is 163 cm³/mol. The van der Waals surface area contributed by atoms with Gasteiger partial charge < -0.3 is 15.5 Å². The second kappa shape index (κ2) is 13.2. The first-order valence-electron chi connectivity index (χ1n) is 12.5. The lowest BCUT2D eigenvalue weighted by Gasteiger charge is -2.12. The second-order valence-electron chi connectivity index (χ2n) is 9.14. The third kappa shape index (κ3) is 7.79. The molecule has 2 N–H and O–H groups in total. The fourth-order valence-electron chi connectivity index (χ4n) is 3.74. The maximum Gasteiger partial charge on any atom is 0.272 e. The zero-order valence-corrected chi connectivity index (χ0v) is 22.9. The van der Waals surface area contributed by atoms with E-state index in [1.165, 1.54) is 6.08 Å². The number of hydrogen-bond donors (Lipinski definition) is 2. The number of ketones is 1. The molecule has 4 aromatic rings. The lowest BCUT2D eigenvalue weighted by Crippen LogP contribution is -2.30. The van der Waals surface area contributed by atoms with E-state index < -0.39 is 11.8 Å². The Morgan fingerprint density at radius 2 is 1.35 bits per heavy atom. The zero-order chi connectivity index (χ0) is 28.5. The molecular weight excluding hydrogens is 522 g/mol. The fraction of sp³-hybridized carbons (Fsp3) is 0.0606. The molecule has 4 aromatic carbocycles. The number of nitrogens with zero attached hydrogens (tertiary/aromatic N) is 1. The Morgan fingerprint density at radius 3 is 1.98 bits per heavy atom. The first-order valence-corrected chi connectivity index (χ1v) is 12.9. The third-order valence-corrected chi connectivity index (χ3v) is 6.23. The van der Waals surface area contributed by atoms with E-state index in [0.717, 1.165) is 11.3 Å². The highest BCUT2D eigenvalue weighted by atomic mass is 35.5. The molecule has 0 atom stereocenters. The van der Waals surface area contributed by atoms with Crippen molar-refractivity contribution < 1.29 is 14.4 Å². The summed E-state index contributed by atoms with van der Waals surface area (Å²) in [4.78, 5) is 40.7. The summed E-state index contributed by atoms with van der Waals surface area (Å²) in [5, 5.41) is 6.05. The molecule has 0 saturated heterocycles. The predicted octanol–water partition coefficient (Wildman–Crippen LogP) is 6.71. The van der Waals surface area contributed by atoms with E-state index in [1.54, 1.807) is 91.0 Å². The average Bonchev–Trinajstić information content (AvgIpc) is 2.97. The highest BCUT2D eigenvalue weighted by Crippen LogP contribution is 2.17. The molecule has 6 nitrogen and oxygen atoms in total. The number of allylic oxidation sites excluding steroid dienone is 1. The summed E-state index contributed by atoms with van der Waals surface area (Å²) in [6.45, 7) is 0. The quantitative estimate of drug-likeness (QED) is 0.180. The fourth-order valence-corrected chi connectivity index (χ4v) is 3.86. The van der Waals surface area contributed by atoms with Gasteiger partial charge in [-0.3, -0.25) is 14.4 Å². The molecule has 200 valence electrons. The molecule has 0 aliphatic carbocycles. The lowest BCUT2D eigenvalue weighted by atomic mass is 10.1. The Morgan fingerprint density at radius 1 is 0.725 bits per heavy atom. The smallest absolute Gasteiger partial charge is 0.272 e. The van der Waals surface area contributed by atoms with Crippen molar-refractivity contribution in [3.63, 3.8) is 0 Å². The standard InChI is InChI=1S/C33H28ClN3O3/c1-37(2)29-19-10-23(11-20-29)12-21-31(38)25-13-17-28(18-14-25)35-33(40)30(22-24-8-15-27(34)16-9-24)36-32(39)26-6-4-3-5-7-26/h3-22H,1-2H3,(H,35,40)(H,36,39)/b21-12+,30-22-. The highest BCUT2D eigenvalue weighted by molar-refractivity contribution is 6.30. The number of rotatable bonds is 9.